The first kappa shape index (κ1) is 25.8. The Morgan fingerprint density at radius 3 is 2.25 bits per heavy atom. The highest BCUT2D eigenvalue weighted by Gasteiger charge is 2.41. The Morgan fingerprint density at radius 1 is 0.917 bits per heavy atom. The fourth-order valence-electron chi connectivity index (χ4n) is 4.47. The molecule has 2 amide bonds. The summed E-state index contributed by atoms with van der Waals surface area (Å²) >= 11 is 1.63. The Hall–Kier alpha value is -3.33. The van der Waals surface area contributed by atoms with Gasteiger partial charge in [-0.3, -0.25) is 14.4 Å². The number of Topliss-reactive ketones (excluding diaryl/α,β-unsaturated/α-hetero) is 1. The van der Waals surface area contributed by atoms with Crippen molar-refractivity contribution in [1.82, 2.24) is 0 Å². The smallest absolute Gasteiger partial charge is 0.338 e. The van der Waals surface area contributed by atoms with Crippen LogP contribution >= 0.6 is 11.8 Å². The molecule has 2 fully saturated rings. The first-order valence-electron chi connectivity index (χ1n) is 12.0. The van der Waals surface area contributed by atoms with Gasteiger partial charge >= 0.3 is 5.97 Å². The zero-order valence-electron chi connectivity index (χ0n) is 20.4. The number of thioether (sulfide) groups is 1. The minimum atomic E-state index is -0.680. The SMILES string of the molecule is COc1ccc(C(=O)COC(=O)c2ccc(N3C(=O)CC(SC4CCCCC4)C3=O)cc2)cc1OC. The van der Waals surface area contributed by atoms with Crippen LogP contribution in [0.3, 0.4) is 0 Å². The van der Waals surface area contributed by atoms with Crippen molar-refractivity contribution in [2.75, 3.05) is 25.7 Å². The van der Waals surface area contributed by atoms with Gasteiger partial charge in [0.1, 0.15) is 0 Å². The Balaban J connectivity index is 1.34. The van der Waals surface area contributed by atoms with Crippen LogP contribution in [-0.4, -0.2) is 54.9 Å². The molecule has 2 aliphatic rings. The molecule has 1 aliphatic carbocycles. The molecular weight excluding hydrogens is 482 g/mol. The number of ketones is 1. The second kappa shape index (κ2) is 11.6. The zero-order valence-corrected chi connectivity index (χ0v) is 21.2. The molecule has 0 spiro atoms. The van der Waals surface area contributed by atoms with Crippen molar-refractivity contribution in [2.45, 2.75) is 49.0 Å². The molecule has 1 unspecified atom stereocenters. The second-order valence-electron chi connectivity index (χ2n) is 8.77. The summed E-state index contributed by atoms with van der Waals surface area (Å²) in [5, 5.41) is 0.0761. The number of rotatable bonds is 9. The molecule has 0 N–H and O–H groups in total. The maximum Gasteiger partial charge on any atom is 0.338 e. The van der Waals surface area contributed by atoms with Crippen molar-refractivity contribution in [3.8, 4) is 11.5 Å². The van der Waals surface area contributed by atoms with Crippen LogP contribution in [0.1, 0.15) is 59.2 Å². The highest BCUT2D eigenvalue weighted by Crippen LogP contribution is 2.37. The quantitative estimate of drug-likeness (QED) is 0.277. The number of carbonyl (C=O) groups is 4. The van der Waals surface area contributed by atoms with Crippen molar-refractivity contribution in [3.05, 3.63) is 53.6 Å². The van der Waals surface area contributed by atoms with Crippen LogP contribution < -0.4 is 14.4 Å². The van der Waals surface area contributed by atoms with E-state index in [0.29, 0.717) is 28.0 Å². The molecular formula is C27H29NO7S. The van der Waals surface area contributed by atoms with Gasteiger partial charge in [-0.05, 0) is 55.3 Å². The molecule has 1 atom stereocenters. The Bertz CT molecular complexity index is 1140. The summed E-state index contributed by atoms with van der Waals surface area (Å²) in [6, 6.07) is 10.8. The van der Waals surface area contributed by atoms with Gasteiger partial charge in [0.25, 0.3) is 0 Å². The van der Waals surface area contributed by atoms with Gasteiger partial charge in [-0.1, -0.05) is 19.3 Å². The maximum atomic E-state index is 12.9. The van der Waals surface area contributed by atoms with Crippen LogP contribution in [0.2, 0.25) is 0 Å². The van der Waals surface area contributed by atoms with Crippen molar-refractivity contribution in [1.29, 1.82) is 0 Å². The summed E-state index contributed by atoms with van der Waals surface area (Å²) in [6.07, 6.45) is 5.96. The van der Waals surface area contributed by atoms with Gasteiger partial charge in [0.2, 0.25) is 11.8 Å². The molecule has 190 valence electrons. The normalized spacial score (nSPS) is 18.3. The van der Waals surface area contributed by atoms with E-state index in [9.17, 15) is 19.2 Å². The monoisotopic (exact) mass is 511 g/mol. The molecule has 4 rings (SSSR count). The first-order valence-corrected chi connectivity index (χ1v) is 12.9. The lowest BCUT2D eigenvalue weighted by Crippen LogP contribution is -2.31. The van der Waals surface area contributed by atoms with Gasteiger partial charge in [0.15, 0.2) is 23.9 Å². The number of benzene rings is 2. The Labute approximate surface area is 214 Å². The number of anilines is 1. The maximum absolute atomic E-state index is 12.9. The van der Waals surface area contributed by atoms with E-state index in [1.807, 2.05) is 0 Å². The van der Waals surface area contributed by atoms with E-state index in [1.165, 1.54) is 56.6 Å². The molecule has 9 heteroatoms. The number of hydrogen-bond donors (Lipinski definition) is 0. The molecule has 8 nitrogen and oxygen atoms in total. The summed E-state index contributed by atoms with van der Waals surface area (Å²) in [6.45, 7) is -0.445. The third-order valence-corrected chi connectivity index (χ3v) is 7.97. The van der Waals surface area contributed by atoms with Crippen molar-refractivity contribution >= 4 is 41.0 Å². The van der Waals surface area contributed by atoms with Crippen LogP contribution in [0.5, 0.6) is 11.5 Å². The average Bonchev–Trinajstić information content (AvgIpc) is 3.19. The van der Waals surface area contributed by atoms with Crippen molar-refractivity contribution in [3.63, 3.8) is 0 Å². The van der Waals surface area contributed by atoms with Crippen molar-refractivity contribution in [2.24, 2.45) is 0 Å². The molecule has 2 aromatic carbocycles. The minimum absolute atomic E-state index is 0.196. The van der Waals surface area contributed by atoms with E-state index in [0.717, 1.165) is 12.8 Å². The molecule has 0 radical (unpaired) electrons. The van der Waals surface area contributed by atoms with Crippen LogP contribution in [0, 0.1) is 0 Å². The summed E-state index contributed by atoms with van der Waals surface area (Å²) in [4.78, 5) is 51.7. The van der Waals surface area contributed by atoms with Gasteiger partial charge in [0, 0.05) is 17.2 Å². The molecule has 36 heavy (non-hydrogen) atoms. The predicted molar refractivity (Wildman–Crippen MR) is 136 cm³/mol. The number of amides is 2. The average molecular weight is 512 g/mol. The highest BCUT2D eigenvalue weighted by atomic mass is 32.2. The fraction of sp³-hybridized carbons (Fsp3) is 0.407. The summed E-state index contributed by atoms with van der Waals surface area (Å²) in [5.41, 5.74) is 0.961. The van der Waals surface area contributed by atoms with E-state index in [4.69, 9.17) is 14.2 Å². The van der Waals surface area contributed by atoms with Crippen molar-refractivity contribution < 1.29 is 33.4 Å². The number of methoxy groups -OCH3 is 2. The Morgan fingerprint density at radius 2 is 1.58 bits per heavy atom. The van der Waals surface area contributed by atoms with Crippen LogP contribution in [0.4, 0.5) is 5.69 Å². The number of nitrogens with zero attached hydrogens (tertiary/aromatic N) is 1. The highest BCUT2D eigenvalue weighted by molar-refractivity contribution is 8.01. The lowest BCUT2D eigenvalue weighted by molar-refractivity contribution is -0.121. The minimum Gasteiger partial charge on any atom is -0.493 e. The fourth-order valence-corrected chi connectivity index (χ4v) is 6.00. The van der Waals surface area contributed by atoms with Gasteiger partial charge in [-0.2, -0.15) is 0 Å². The van der Waals surface area contributed by atoms with Gasteiger partial charge in [-0.25, -0.2) is 9.69 Å². The second-order valence-corrected chi connectivity index (χ2v) is 10.3. The van der Waals surface area contributed by atoms with Gasteiger partial charge < -0.3 is 14.2 Å². The lowest BCUT2D eigenvalue weighted by Gasteiger charge is -2.23. The van der Waals surface area contributed by atoms with Crippen LogP contribution in [-0.2, 0) is 14.3 Å². The third kappa shape index (κ3) is 5.73. The van der Waals surface area contributed by atoms with E-state index in [1.54, 1.807) is 36.0 Å². The molecule has 2 aromatic rings. The topological polar surface area (TPSA) is 99.2 Å². The molecule has 0 bridgehead atoms. The molecule has 1 heterocycles. The van der Waals surface area contributed by atoms with Crippen LogP contribution in [0.25, 0.3) is 0 Å². The zero-order chi connectivity index (χ0) is 25.7. The van der Waals surface area contributed by atoms with Gasteiger partial charge in [-0.15, -0.1) is 11.8 Å². The predicted octanol–water partition coefficient (Wildman–Crippen LogP) is 4.44. The van der Waals surface area contributed by atoms with E-state index in [-0.39, 0.29) is 29.0 Å². The number of hydrogen-bond acceptors (Lipinski definition) is 8. The van der Waals surface area contributed by atoms with E-state index >= 15 is 0 Å². The summed E-state index contributed by atoms with van der Waals surface area (Å²) in [5.74, 6) is -0.623. The molecule has 1 saturated heterocycles. The number of ether oxygens (including phenoxy) is 3. The largest absolute Gasteiger partial charge is 0.493 e. The van der Waals surface area contributed by atoms with E-state index < -0.39 is 18.4 Å². The summed E-state index contributed by atoms with van der Waals surface area (Å²) in [7, 11) is 2.96. The standard InChI is InChI=1S/C27H29NO7S/c1-33-22-13-10-18(14-23(22)34-2)21(29)16-35-27(32)17-8-11-19(12-9-17)28-25(30)15-24(26(28)31)36-20-6-4-3-5-7-20/h8-14,20,24H,3-7,15-16H2,1-2H3. The first-order chi connectivity index (χ1) is 17.4. The van der Waals surface area contributed by atoms with Crippen LogP contribution in [0.15, 0.2) is 42.5 Å². The van der Waals surface area contributed by atoms with E-state index in [2.05, 4.69) is 0 Å². The molecule has 1 aliphatic heterocycles. The molecule has 1 saturated carbocycles. The number of imide groups is 1. The third-order valence-electron chi connectivity index (χ3n) is 6.42. The number of esters is 1. The molecule has 0 aromatic heterocycles. The Kier molecular flexibility index (Phi) is 8.30. The lowest BCUT2D eigenvalue weighted by atomic mass is 10.0. The summed E-state index contributed by atoms with van der Waals surface area (Å²) < 4.78 is 15.5. The van der Waals surface area contributed by atoms with Gasteiger partial charge in [0.05, 0.1) is 30.7 Å². The number of carbonyl (C=O) groups excluding carboxylic acids is 4.